The number of aromatic nitrogens is 1. The van der Waals surface area contributed by atoms with Gasteiger partial charge in [-0.15, -0.1) is 0 Å². The fraction of sp³-hybridized carbons (Fsp3) is 0.294. The number of rotatable bonds is 3. The van der Waals surface area contributed by atoms with Crippen LogP contribution in [0, 0.1) is 5.82 Å². The van der Waals surface area contributed by atoms with E-state index in [9.17, 15) is 28.6 Å². The van der Waals surface area contributed by atoms with E-state index in [4.69, 9.17) is 17.2 Å². The first-order valence-corrected chi connectivity index (χ1v) is 10.7. The van der Waals surface area contributed by atoms with Gasteiger partial charge in [-0.2, -0.15) is 0 Å². The van der Waals surface area contributed by atoms with Crippen LogP contribution in [-0.2, 0) is 0 Å². The average molecular weight is 455 g/mol. The molecule has 6 nitrogen and oxygen atoms in total. The molecule has 30 heavy (non-hydrogen) atoms. The van der Waals surface area contributed by atoms with Gasteiger partial charge in [-0.05, 0) is 37.0 Å². The lowest BCUT2D eigenvalue weighted by Gasteiger charge is -2.40. The van der Waals surface area contributed by atoms with E-state index < -0.39 is 32.5 Å². The highest BCUT2D eigenvalue weighted by Crippen LogP contribution is 3.02. The number of hydrogen-bond acceptors (Lipinski definition) is 5. The third-order valence-corrected chi connectivity index (χ3v) is 6.17. The third kappa shape index (κ3) is 4.20. The van der Waals surface area contributed by atoms with Gasteiger partial charge in [0.05, 0.1) is 17.4 Å². The van der Waals surface area contributed by atoms with E-state index in [1.807, 2.05) is 0 Å². The highest BCUT2D eigenvalue weighted by atomic mass is 32.5. The molecule has 0 saturated carbocycles. The Kier molecular flexibility index (Phi) is 4.62. The molecule has 13 heteroatoms. The highest BCUT2D eigenvalue weighted by Gasteiger charge is 2.65. The number of carbonyl (C=O) groups excluding carboxylic acids is 1. The largest absolute Gasteiger partial charge is 0.398 e. The first-order valence-electron chi connectivity index (χ1n) is 8.70. The maximum absolute atomic E-state index is 14.1. The van der Waals surface area contributed by atoms with Crippen molar-refractivity contribution in [3.05, 3.63) is 41.3 Å². The van der Waals surface area contributed by atoms with Gasteiger partial charge in [-0.3, -0.25) is 4.79 Å². The molecule has 2 heterocycles. The fourth-order valence-electron chi connectivity index (χ4n) is 3.46. The molecule has 1 aliphatic rings. The van der Waals surface area contributed by atoms with Gasteiger partial charge >= 0.3 is 10.2 Å². The Balaban J connectivity index is 1.78. The van der Waals surface area contributed by atoms with Gasteiger partial charge in [0.1, 0.15) is 16.5 Å². The molecule has 1 saturated heterocycles. The van der Waals surface area contributed by atoms with E-state index in [1.54, 1.807) is 0 Å². The van der Waals surface area contributed by atoms with Gasteiger partial charge in [0, 0.05) is 24.3 Å². The van der Waals surface area contributed by atoms with Gasteiger partial charge in [-0.1, -0.05) is 19.4 Å². The number of nitrogen functional groups attached to an aromatic ring is 3. The zero-order valence-electron chi connectivity index (χ0n) is 15.4. The summed E-state index contributed by atoms with van der Waals surface area (Å²) in [5, 5.41) is 0. The quantitative estimate of drug-likeness (QED) is 0.461. The van der Waals surface area contributed by atoms with Crippen molar-refractivity contribution in [3.8, 4) is 0 Å². The number of amides is 1. The van der Waals surface area contributed by atoms with Crippen molar-refractivity contribution in [3.63, 3.8) is 0 Å². The normalized spacial score (nSPS) is 18.0. The third-order valence-electron chi connectivity index (χ3n) is 5.03. The number of carbonyl (C=O) groups is 1. The molecule has 1 aliphatic heterocycles. The van der Waals surface area contributed by atoms with Gasteiger partial charge < -0.3 is 22.1 Å². The Labute approximate surface area is 167 Å². The number of halogens is 6. The van der Waals surface area contributed by atoms with Crippen molar-refractivity contribution in [2.24, 2.45) is 0 Å². The van der Waals surface area contributed by atoms with Crippen LogP contribution in [0.3, 0.4) is 0 Å². The standard InChI is InChI=1S/C17H19F6N5OS/c18-12-8-27-16(26)15(25)14(12)9-3-5-28(6-4-9)17(29)11-2-1-10(7-13(11)24)30(19,20,21,22)23/h1-2,7-9H,3-6,24-25H2,(H2,26,27). The Bertz CT molecular complexity index is 1020. The predicted octanol–water partition coefficient (Wildman–Crippen LogP) is 4.64. The maximum Gasteiger partial charge on any atom is 0.310 e. The molecule has 6 N–H and O–H groups in total. The second-order valence-electron chi connectivity index (χ2n) is 7.10. The Morgan fingerprint density at radius 2 is 1.67 bits per heavy atom. The summed E-state index contributed by atoms with van der Waals surface area (Å²) in [6.07, 6.45) is 1.57. The van der Waals surface area contributed by atoms with Crippen LogP contribution in [0.15, 0.2) is 29.3 Å². The van der Waals surface area contributed by atoms with E-state index in [0.717, 1.165) is 6.20 Å². The lowest BCUT2D eigenvalue weighted by Crippen LogP contribution is -2.38. The number of benzene rings is 1. The summed E-state index contributed by atoms with van der Waals surface area (Å²) in [6, 6.07) is 0.850. The lowest BCUT2D eigenvalue weighted by molar-refractivity contribution is 0.0713. The Morgan fingerprint density at radius 1 is 1.07 bits per heavy atom. The molecule has 0 radical (unpaired) electrons. The Hall–Kier alpha value is -2.83. The maximum atomic E-state index is 14.1. The van der Waals surface area contributed by atoms with Crippen LogP contribution in [0.4, 0.5) is 41.0 Å². The topological polar surface area (TPSA) is 111 Å². The smallest absolute Gasteiger partial charge is 0.310 e. The second-order valence-corrected chi connectivity index (χ2v) is 9.51. The number of nitrogens with two attached hydrogens (primary N) is 3. The summed E-state index contributed by atoms with van der Waals surface area (Å²) in [7, 11) is -9.90. The zero-order valence-corrected chi connectivity index (χ0v) is 16.2. The van der Waals surface area contributed by atoms with Crippen LogP contribution in [0.5, 0.6) is 0 Å². The summed E-state index contributed by atoms with van der Waals surface area (Å²) < 4.78 is 78.7. The van der Waals surface area contributed by atoms with Crippen LogP contribution in [0.1, 0.15) is 34.7 Å². The SMILES string of the molecule is Nc1cc(S(F)(F)(F)(F)F)ccc1C(=O)N1CCC(c2c(F)cnc(N)c2N)CC1. The first-order chi connectivity index (χ1) is 13.6. The number of hydrogen-bond donors (Lipinski definition) is 3. The van der Waals surface area contributed by atoms with Crippen molar-refractivity contribution < 1.29 is 28.6 Å². The van der Waals surface area contributed by atoms with Crippen molar-refractivity contribution in [1.82, 2.24) is 9.88 Å². The van der Waals surface area contributed by atoms with E-state index in [2.05, 4.69) is 4.98 Å². The van der Waals surface area contributed by atoms with Crippen LogP contribution in [0.25, 0.3) is 0 Å². The van der Waals surface area contributed by atoms with Gasteiger partial charge in [-0.25, -0.2) is 9.37 Å². The molecule has 1 fully saturated rings. The molecular weight excluding hydrogens is 436 g/mol. The molecule has 0 aliphatic carbocycles. The van der Waals surface area contributed by atoms with Gasteiger partial charge in [0.15, 0.2) is 0 Å². The minimum Gasteiger partial charge on any atom is -0.398 e. The summed E-state index contributed by atoms with van der Waals surface area (Å²) in [5.74, 6) is -1.68. The molecule has 2 aromatic rings. The number of anilines is 3. The summed E-state index contributed by atoms with van der Waals surface area (Å²) >= 11 is 0. The summed E-state index contributed by atoms with van der Waals surface area (Å²) in [5.41, 5.74) is 16.1. The molecule has 166 valence electrons. The fourth-order valence-corrected chi connectivity index (χ4v) is 4.14. The van der Waals surface area contributed by atoms with E-state index in [0.29, 0.717) is 18.9 Å². The highest BCUT2D eigenvalue weighted by molar-refractivity contribution is 8.45. The summed E-state index contributed by atoms with van der Waals surface area (Å²) in [6.45, 7) is 0.265. The van der Waals surface area contributed by atoms with E-state index in [1.165, 1.54) is 4.90 Å². The monoisotopic (exact) mass is 455 g/mol. The van der Waals surface area contributed by atoms with Crippen LogP contribution in [-0.4, -0.2) is 28.9 Å². The number of nitrogens with zero attached hydrogens (tertiary/aromatic N) is 2. The molecular formula is C17H19F6N5OS. The lowest BCUT2D eigenvalue weighted by atomic mass is 9.88. The molecule has 0 bridgehead atoms. The molecule has 1 amide bonds. The van der Waals surface area contributed by atoms with E-state index >= 15 is 0 Å². The predicted molar refractivity (Wildman–Crippen MR) is 103 cm³/mol. The second kappa shape index (κ2) is 6.33. The molecule has 3 rings (SSSR count). The number of pyridine rings is 1. The van der Waals surface area contributed by atoms with Gasteiger partial charge in [0.25, 0.3) is 5.91 Å². The molecule has 0 unspecified atom stereocenters. The van der Waals surface area contributed by atoms with Crippen molar-refractivity contribution in [2.75, 3.05) is 30.3 Å². The molecule has 0 atom stereocenters. The van der Waals surface area contributed by atoms with E-state index in [-0.39, 0.29) is 53.8 Å². The molecule has 1 aromatic heterocycles. The number of piperidine rings is 1. The Morgan fingerprint density at radius 3 is 2.20 bits per heavy atom. The number of likely N-dealkylation sites (tertiary alicyclic amines) is 1. The molecule has 0 spiro atoms. The van der Waals surface area contributed by atoms with Crippen LogP contribution < -0.4 is 17.2 Å². The van der Waals surface area contributed by atoms with Crippen molar-refractivity contribution >= 4 is 33.3 Å². The van der Waals surface area contributed by atoms with Gasteiger partial charge in [0.2, 0.25) is 0 Å². The average Bonchev–Trinajstić information content (AvgIpc) is 2.63. The van der Waals surface area contributed by atoms with Crippen LogP contribution in [0.2, 0.25) is 0 Å². The van der Waals surface area contributed by atoms with Crippen LogP contribution >= 0.6 is 10.2 Å². The zero-order chi connectivity index (χ0) is 22.5. The minimum absolute atomic E-state index is 0.0123. The molecule has 1 aromatic carbocycles. The minimum atomic E-state index is -9.90. The summed E-state index contributed by atoms with van der Waals surface area (Å²) in [4.78, 5) is 15.4. The van der Waals surface area contributed by atoms with Crippen molar-refractivity contribution in [2.45, 2.75) is 23.7 Å². The van der Waals surface area contributed by atoms with Crippen molar-refractivity contribution in [1.29, 1.82) is 0 Å². The first kappa shape index (κ1) is 21.9.